The lowest BCUT2D eigenvalue weighted by Crippen LogP contribution is -2.06. The molecule has 2 aromatic rings. The first-order valence-electron chi connectivity index (χ1n) is 4.41. The Bertz CT molecular complexity index is 519. The molecule has 8 heteroatoms. The molecular weight excluding hydrogens is 232 g/mol. The van der Waals surface area contributed by atoms with Crippen LogP contribution in [0.1, 0.15) is 18.8 Å². The van der Waals surface area contributed by atoms with Crippen molar-refractivity contribution >= 4 is 16.3 Å². The van der Waals surface area contributed by atoms with Crippen LogP contribution in [0.25, 0.3) is 10.8 Å². The molecule has 2 aromatic heterocycles. The van der Waals surface area contributed by atoms with Gasteiger partial charge < -0.3 is 10.3 Å². The van der Waals surface area contributed by atoms with Gasteiger partial charge in [-0.05, 0) is 13.0 Å². The second-order valence-electron chi connectivity index (χ2n) is 3.14. The van der Waals surface area contributed by atoms with E-state index in [-0.39, 0.29) is 16.9 Å². The summed E-state index contributed by atoms with van der Waals surface area (Å²) in [6, 6.07) is 2.64. The summed E-state index contributed by atoms with van der Waals surface area (Å²) in [6.45, 7) is 1.73. The molecule has 2 N–H and O–H groups in total. The topological polar surface area (TPSA) is 108 Å². The summed E-state index contributed by atoms with van der Waals surface area (Å²) >= 11 is 0.983. The van der Waals surface area contributed by atoms with Crippen LogP contribution in [0, 0.1) is 10.1 Å². The fraction of sp³-hybridized carbons (Fsp3) is 0.250. The Kier molecular flexibility index (Phi) is 2.67. The highest BCUT2D eigenvalue weighted by Gasteiger charge is 2.17. The van der Waals surface area contributed by atoms with Crippen molar-refractivity contribution in [3.8, 4) is 10.8 Å². The summed E-state index contributed by atoms with van der Waals surface area (Å²) in [7, 11) is 0. The normalized spacial score (nSPS) is 12.6. The highest BCUT2D eigenvalue weighted by atomic mass is 32.1. The second-order valence-corrected chi connectivity index (χ2v) is 4.20. The SMILES string of the molecule is CC(N)c1noc(-c2ccc([N+](=O)[O-])s2)n1. The van der Waals surface area contributed by atoms with Gasteiger partial charge in [0.05, 0.1) is 15.8 Å². The van der Waals surface area contributed by atoms with E-state index in [1.165, 1.54) is 6.07 Å². The van der Waals surface area contributed by atoms with Crippen LogP contribution in [-0.4, -0.2) is 15.1 Å². The molecule has 7 nitrogen and oxygen atoms in total. The molecule has 0 amide bonds. The maximum absolute atomic E-state index is 10.5. The van der Waals surface area contributed by atoms with E-state index < -0.39 is 4.92 Å². The molecule has 0 saturated carbocycles. The van der Waals surface area contributed by atoms with Crippen LogP contribution in [0.15, 0.2) is 16.7 Å². The predicted octanol–water partition coefficient (Wildman–Crippen LogP) is 1.73. The lowest BCUT2D eigenvalue weighted by atomic mass is 10.3. The fourth-order valence-electron chi connectivity index (χ4n) is 1.06. The molecule has 0 saturated heterocycles. The number of hydrogen-bond acceptors (Lipinski definition) is 7. The van der Waals surface area contributed by atoms with E-state index >= 15 is 0 Å². The van der Waals surface area contributed by atoms with Gasteiger partial charge in [0.15, 0.2) is 5.82 Å². The molecule has 84 valence electrons. The standard InChI is InChI=1S/C8H8N4O3S/c1-4(9)7-10-8(15-11-7)5-2-3-6(16-5)12(13)14/h2-4H,9H2,1H3. The Labute approximate surface area is 94.0 Å². The van der Waals surface area contributed by atoms with Crippen molar-refractivity contribution in [2.75, 3.05) is 0 Å². The number of nitro groups is 1. The first kappa shape index (κ1) is 10.7. The van der Waals surface area contributed by atoms with Crippen LogP contribution in [0.2, 0.25) is 0 Å². The summed E-state index contributed by atoms with van der Waals surface area (Å²) in [4.78, 5) is 14.6. The van der Waals surface area contributed by atoms with Gasteiger partial charge in [0, 0.05) is 6.07 Å². The monoisotopic (exact) mass is 240 g/mol. The van der Waals surface area contributed by atoms with Gasteiger partial charge in [0.2, 0.25) is 0 Å². The largest absolute Gasteiger partial charge is 0.333 e. The molecule has 0 fully saturated rings. The maximum Gasteiger partial charge on any atom is 0.324 e. The summed E-state index contributed by atoms with van der Waals surface area (Å²) in [6.07, 6.45) is 0. The average molecular weight is 240 g/mol. The molecule has 0 radical (unpaired) electrons. The Balaban J connectivity index is 2.31. The molecule has 0 aliphatic rings. The van der Waals surface area contributed by atoms with Crippen molar-refractivity contribution in [3.63, 3.8) is 0 Å². The molecule has 1 atom stereocenters. The first-order valence-corrected chi connectivity index (χ1v) is 5.23. The zero-order valence-corrected chi connectivity index (χ0v) is 9.10. The van der Waals surface area contributed by atoms with Gasteiger partial charge in [-0.2, -0.15) is 4.98 Å². The molecule has 2 rings (SSSR count). The van der Waals surface area contributed by atoms with Crippen molar-refractivity contribution in [3.05, 3.63) is 28.1 Å². The Morgan fingerprint density at radius 1 is 1.62 bits per heavy atom. The molecular formula is C8H8N4O3S. The van der Waals surface area contributed by atoms with Crippen LogP contribution in [0.4, 0.5) is 5.00 Å². The van der Waals surface area contributed by atoms with Crippen LogP contribution in [-0.2, 0) is 0 Å². The zero-order valence-electron chi connectivity index (χ0n) is 8.28. The number of nitrogens with zero attached hydrogens (tertiary/aromatic N) is 3. The van der Waals surface area contributed by atoms with Gasteiger partial charge in [-0.3, -0.25) is 10.1 Å². The molecule has 2 heterocycles. The highest BCUT2D eigenvalue weighted by molar-refractivity contribution is 7.18. The Morgan fingerprint density at radius 3 is 2.88 bits per heavy atom. The number of rotatable bonds is 3. The van der Waals surface area contributed by atoms with E-state index in [0.717, 1.165) is 11.3 Å². The van der Waals surface area contributed by atoms with E-state index in [2.05, 4.69) is 10.1 Å². The summed E-state index contributed by atoms with van der Waals surface area (Å²) in [5, 5.41) is 14.2. The first-order chi connectivity index (χ1) is 7.58. The number of thiophene rings is 1. The molecule has 16 heavy (non-hydrogen) atoms. The minimum absolute atomic E-state index is 0.0375. The summed E-state index contributed by atoms with van der Waals surface area (Å²) in [5.41, 5.74) is 5.57. The number of hydrogen-bond donors (Lipinski definition) is 1. The third kappa shape index (κ3) is 1.92. The molecule has 0 aliphatic carbocycles. The van der Waals surface area contributed by atoms with Crippen molar-refractivity contribution in [1.29, 1.82) is 0 Å². The fourth-order valence-corrected chi connectivity index (χ4v) is 1.80. The predicted molar refractivity (Wildman–Crippen MR) is 56.9 cm³/mol. The van der Waals surface area contributed by atoms with Crippen LogP contribution >= 0.6 is 11.3 Å². The van der Waals surface area contributed by atoms with E-state index in [1.54, 1.807) is 13.0 Å². The van der Waals surface area contributed by atoms with Crippen molar-refractivity contribution in [1.82, 2.24) is 10.1 Å². The van der Waals surface area contributed by atoms with Crippen molar-refractivity contribution < 1.29 is 9.45 Å². The molecule has 0 bridgehead atoms. The van der Waals surface area contributed by atoms with Crippen LogP contribution in [0.3, 0.4) is 0 Å². The number of aromatic nitrogens is 2. The summed E-state index contributed by atoms with van der Waals surface area (Å²) < 4.78 is 4.95. The third-order valence-electron chi connectivity index (χ3n) is 1.83. The average Bonchev–Trinajstić information content (AvgIpc) is 2.86. The number of nitrogens with two attached hydrogens (primary N) is 1. The maximum atomic E-state index is 10.5. The van der Waals surface area contributed by atoms with E-state index in [4.69, 9.17) is 10.3 Å². The van der Waals surface area contributed by atoms with E-state index in [0.29, 0.717) is 10.7 Å². The Hall–Kier alpha value is -1.80. The van der Waals surface area contributed by atoms with Gasteiger partial charge >= 0.3 is 5.00 Å². The summed E-state index contributed by atoms with van der Waals surface area (Å²) in [5.74, 6) is 0.636. The molecule has 0 aromatic carbocycles. The smallest absolute Gasteiger partial charge is 0.324 e. The molecule has 0 aliphatic heterocycles. The van der Waals surface area contributed by atoms with Crippen molar-refractivity contribution in [2.24, 2.45) is 5.73 Å². The van der Waals surface area contributed by atoms with Crippen LogP contribution in [0.5, 0.6) is 0 Å². The zero-order chi connectivity index (χ0) is 11.7. The lowest BCUT2D eigenvalue weighted by Gasteiger charge is -1.92. The van der Waals surface area contributed by atoms with Gasteiger partial charge in [0.25, 0.3) is 5.89 Å². The van der Waals surface area contributed by atoms with E-state index in [9.17, 15) is 10.1 Å². The third-order valence-corrected chi connectivity index (χ3v) is 2.86. The van der Waals surface area contributed by atoms with Crippen molar-refractivity contribution in [2.45, 2.75) is 13.0 Å². The molecule has 1 unspecified atom stereocenters. The highest BCUT2D eigenvalue weighted by Crippen LogP contribution is 2.31. The van der Waals surface area contributed by atoms with Gasteiger partial charge in [-0.25, -0.2) is 0 Å². The van der Waals surface area contributed by atoms with Gasteiger partial charge in [-0.15, -0.1) is 0 Å². The molecule has 0 spiro atoms. The quantitative estimate of drug-likeness (QED) is 0.646. The van der Waals surface area contributed by atoms with Crippen LogP contribution < -0.4 is 5.73 Å². The van der Waals surface area contributed by atoms with E-state index in [1.807, 2.05) is 0 Å². The lowest BCUT2D eigenvalue weighted by molar-refractivity contribution is -0.380. The van der Waals surface area contributed by atoms with Gasteiger partial charge in [0.1, 0.15) is 0 Å². The Morgan fingerprint density at radius 2 is 2.38 bits per heavy atom. The van der Waals surface area contributed by atoms with Gasteiger partial charge in [-0.1, -0.05) is 16.5 Å². The minimum atomic E-state index is -0.461. The second kappa shape index (κ2) is 3.99. The minimum Gasteiger partial charge on any atom is -0.333 e.